The topological polar surface area (TPSA) is 144 Å². The molecular formula is C48H54O13. The Balaban J connectivity index is 1.48. The summed E-state index contributed by atoms with van der Waals surface area (Å²) in [6.45, 7) is 8.59. The molecule has 61 heavy (non-hydrogen) atoms. The van der Waals surface area contributed by atoms with Crippen molar-refractivity contribution in [2.75, 3.05) is 13.7 Å². The van der Waals surface area contributed by atoms with Crippen molar-refractivity contribution in [3.63, 3.8) is 0 Å². The second kappa shape index (κ2) is 22.4. The first-order chi connectivity index (χ1) is 29.6. The van der Waals surface area contributed by atoms with Crippen LogP contribution in [0.2, 0.25) is 0 Å². The van der Waals surface area contributed by atoms with Crippen molar-refractivity contribution in [3.05, 3.63) is 156 Å². The van der Waals surface area contributed by atoms with Crippen LogP contribution in [0, 0.1) is 5.92 Å². The number of hydrogen-bond acceptors (Lipinski definition) is 13. The van der Waals surface area contributed by atoms with Gasteiger partial charge < -0.3 is 47.4 Å². The average molecular weight is 839 g/mol. The van der Waals surface area contributed by atoms with Gasteiger partial charge in [0.2, 0.25) is 12.4 Å². The van der Waals surface area contributed by atoms with Gasteiger partial charge >= 0.3 is 17.9 Å². The molecule has 13 nitrogen and oxygen atoms in total. The van der Waals surface area contributed by atoms with E-state index in [0.717, 1.165) is 22.3 Å². The van der Waals surface area contributed by atoms with Gasteiger partial charge in [0.25, 0.3) is 0 Å². The Morgan fingerprint density at radius 3 is 1.48 bits per heavy atom. The zero-order valence-electron chi connectivity index (χ0n) is 34.9. The smallest absolute Gasteiger partial charge is 0.303 e. The highest BCUT2D eigenvalue weighted by atomic mass is 16.7. The third kappa shape index (κ3) is 12.6. The molecule has 6 rings (SSSR count). The SMILES string of the molecule is C=C1O[C@H](OC)[C@H](OC(C)=O)[C@@H](OC(C)=O)[C@@H]1[C@H](OC(C)=O)[C@@H]1O[C@H](COCc2ccccc2)[C@@H](OCc2ccccc2)[C@H](OCc2ccccc2)[C@H]1OCc1ccccc1. The number of rotatable bonds is 19. The van der Waals surface area contributed by atoms with Crippen LogP contribution >= 0.6 is 0 Å². The van der Waals surface area contributed by atoms with E-state index in [1.165, 1.54) is 27.9 Å². The lowest BCUT2D eigenvalue weighted by Crippen LogP contribution is -2.67. The predicted molar refractivity (Wildman–Crippen MR) is 221 cm³/mol. The number of carbonyl (C=O) groups is 3. The van der Waals surface area contributed by atoms with E-state index in [0.29, 0.717) is 0 Å². The molecular weight excluding hydrogens is 785 g/mol. The highest BCUT2D eigenvalue weighted by Crippen LogP contribution is 2.42. The van der Waals surface area contributed by atoms with Crippen molar-refractivity contribution in [1.82, 2.24) is 0 Å². The van der Waals surface area contributed by atoms with Gasteiger partial charge in [-0.3, -0.25) is 14.4 Å². The van der Waals surface area contributed by atoms with Crippen molar-refractivity contribution in [2.24, 2.45) is 5.92 Å². The molecule has 4 aromatic rings. The van der Waals surface area contributed by atoms with E-state index in [1.54, 1.807) is 0 Å². The van der Waals surface area contributed by atoms with Crippen LogP contribution in [0.1, 0.15) is 43.0 Å². The second-order valence-corrected chi connectivity index (χ2v) is 14.9. The Bertz CT molecular complexity index is 1980. The van der Waals surface area contributed by atoms with Crippen molar-refractivity contribution in [2.45, 2.75) is 102 Å². The van der Waals surface area contributed by atoms with Crippen molar-refractivity contribution >= 4 is 17.9 Å². The standard InChI is InChI=1S/C48H54O13/c1-31-40(43(59-33(3)50)47(60-34(4)51)48(52-5)57-31)42(58-32(2)49)46-45(56-29-38-24-16-9-17-25-38)44(55-28-37-22-14-8-15-23-37)41(54-27-36-20-12-7-13-21-36)39(61-46)30-53-26-35-18-10-6-11-19-35/h6-25,39-48H,1,26-30H2,2-5H3/t39-,40+,41-,42+,43+,44+,45-,46+,47-,48+/m1/s1. The van der Waals surface area contributed by atoms with E-state index in [9.17, 15) is 14.4 Å². The Morgan fingerprint density at radius 1 is 0.574 bits per heavy atom. The summed E-state index contributed by atoms with van der Waals surface area (Å²) in [5.74, 6) is -3.24. The van der Waals surface area contributed by atoms with Crippen LogP contribution in [0.4, 0.5) is 0 Å². The molecule has 13 heteroatoms. The number of methoxy groups -OCH3 is 1. The summed E-state index contributed by atoms with van der Waals surface area (Å²) in [6.07, 6.45) is -9.96. The zero-order chi connectivity index (χ0) is 43.1. The maximum atomic E-state index is 13.3. The first-order valence-electron chi connectivity index (χ1n) is 20.2. The third-order valence-electron chi connectivity index (χ3n) is 10.3. The summed E-state index contributed by atoms with van der Waals surface area (Å²) >= 11 is 0. The van der Waals surface area contributed by atoms with Gasteiger partial charge in [-0.2, -0.15) is 0 Å². The lowest BCUT2D eigenvalue weighted by molar-refractivity contribution is -0.302. The molecule has 2 aliphatic rings. The van der Waals surface area contributed by atoms with Crippen molar-refractivity contribution in [3.8, 4) is 0 Å². The van der Waals surface area contributed by atoms with Crippen molar-refractivity contribution in [1.29, 1.82) is 0 Å². The molecule has 2 aliphatic heterocycles. The Morgan fingerprint density at radius 2 is 1.02 bits per heavy atom. The van der Waals surface area contributed by atoms with E-state index in [4.69, 9.17) is 47.4 Å². The van der Waals surface area contributed by atoms with E-state index in [1.807, 2.05) is 121 Å². The van der Waals surface area contributed by atoms with Crippen LogP contribution in [0.3, 0.4) is 0 Å². The molecule has 0 saturated carbocycles. The molecule has 0 amide bonds. The zero-order valence-corrected chi connectivity index (χ0v) is 34.9. The van der Waals surface area contributed by atoms with E-state index < -0.39 is 78.9 Å². The first-order valence-corrected chi connectivity index (χ1v) is 20.2. The maximum absolute atomic E-state index is 13.3. The van der Waals surface area contributed by atoms with E-state index in [-0.39, 0.29) is 38.8 Å². The number of esters is 3. The Kier molecular flexibility index (Phi) is 16.6. The summed E-state index contributed by atoms with van der Waals surface area (Å²) < 4.78 is 63.5. The molecule has 2 heterocycles. The molecule has 10 atom stereocenters. The van der Waals surface area contributed by atoms with Crippen LogP contribution in [0.5, 0.6) is 0 Å². The number of benzene rings is 4. The van der Waals surface area contributed by atoms with Crippen LogP contribution in [0.25, 0.3) is 0 Å². The number of hydrogen-bond donors (Lipinski definition) is 0. The van der Waals surface area contributed by atoms with Gasteiger partial charge in [-0.15, -0.1) is 0 Å². The van der Waals surface area contributed by atoms with Crippen LogP contribution in [0.15, 0.2) is 134 Å². The van der Waals surface area contributed by atoms with Gasteiger partial charge in [0.1, 0.15) is 42.4 Å². The molecule has 0 bridgehead atoms. The summed E-state index contributed by atoms with van der Waals surface area (Å²) in [5.41, 5.74) is 3.60. The predicted octanol–water partition coefficient (Wildman–Crippen LogP) is 6.65. The minimum absolute atomic E-state index is 0.0194. The molecule has 0 aromatic heterocycles. The number of carbonyl (C=O) groups excluding carboxylic acids is 3. The molecule has 0 N–H and O–H groups in total. The summed E-state index contributed by atoms with van der Waals surface area (Å²) in [5, 5.41) is 0. The monoisotopic (exact) mass is 838 g/mol. The third-order valence-corrected chi connectivity index (χ3v) is 10.3. The molecule has 324 valence electrons. The van der Waals surface area contributed by atoms with Gasteiger partial charge in [-0.25, -0.2) is 0 Å². The second-order valence-electron chi connectivity index (χ2n) is 14.9. The lowest BCUT2D eigenvalue weighted by Gasteiger charge is -2.51. The Labute approximate surface area is 356 Å². The highest BCUT2D eigenvalue weighted by Gasteiger charge is 2.59. The fourth-order valence-electron chi connectivity index (χ4n) is 7.66. The molecule has 4 aromatic carbocycles. The highest BCUT2D eigenvalue weighted by molar-refractivity contribution is 5.68. The molecule has 2 saturated heterocycles. The average Bonchev–Trinajstić information content (AvgIpc) is 3.26. The van der Waals surface area contributed by atoms with Gasteiger partial charge in [0.05, 0.1) is 39.0 Å². The normalized spacial score (nSPS) is 25.4. The van der Waals surface area contributed by atoms with E-state index >= 15 is 0 Å². The molecule has 2 fully saturated rings. The van der Waals surface area contributed by atoms with Gasteiger partial charge in [-0.1, -0.05) is 128 Å². The fourth-order valence-corrected chi connectivity index (χ4v) is 7.66. The summed E-state index contributed by atoms with van der Waals surface area (Å²) in [6, 6.07) is 38.7. The largest absolute Gasteiger partial charge is 0.465 e. The molecule has 0 radical (unpaired) electrons. The van der Waals surface area contributed by atoms with Crippen molar-refractivity contribution < 1.29 is 61.8 Å². The summed E-state index contributed by atoms with van der Waals surface area (Å²) in [4.78, 5) is 38.6. The van der Waals surface area contributed by atoms with Gasteiger partial charge in [0, 0.05) is 27.9 Å². The minimum Gasteiger partial charge on any atom is -0.465 e. The molecule has 0 aliphatic carbocycles. The van der Waals surface area contributed by atoms with Gasteiger partial charge in [-0.05, 0) is 22.3 Å². The quantitative estimate of drug-likeness (QED) is 0.0735. The van der Waals surface area contributed by atoms with Crippen LogP contribution in [-0.2, 0) is 88.2 Å². The minimum atomic E-state index is -1.35. The van der Waals surface area contributed by atoms with Crippen LogP contribution in [-0.4, -0.2) is 86.7 Å². The maximum Gasteiger partial charge on any atom is 0.303 e. The summed E-state index contributed by atoms with van der Waals surface area (Å²) in [7, 11) is 1.35. The molecule has 0 unspecified atom stereocenters. The van der Waals surface area contributed by atoms with Gasteiger partial charge in [0.15, 0.2) is 6.10 Å². The van der Waals surface area contributed by atoms with Crippen LogP contribution < -0.4 is 0 Å². The first kappa shape index (κ1) is 45.1. The van der Waals surface area contributed by atoms with E-state index in [2.05, 4.69) is 6.58 Å². The number of ether oxygens (including phenoxy) is 10. The molecule has 0 spiro atoms. The fraction of sp³-hybridized carbons (Fsp3) is 0.396. The lowest BCUT2D eigenvalue weighted by atomic mass is 9.80. The Hall–Kier alpha value is -5.41.